The number of guanidine groups is 1. The molecule has 1 aliphatic rings. The predicted molar refractivity (Wildman–Crippen MR) is 75.8 cm³/mol. The van der Waals surface area contributed by atoms with Gasteiger partial charge in [0.05, 0.1) is 17.7 Å². The lowest BCUT2D eigenvalue weighted by molar-refractivity contribution is -0.384. The van der Waals surface area contributed by atoms with Crippen molar-refractivity contribution < 1.29 is 19.6 Å². The van der Waals surface area contributed by atoms with E-state index in [-0.39, 0.29) is 24.0 Å². The summed E-state index contributed by atoms with van der Waals surface area (Å²) in [6.45, 7) is -0.126. The molecule has 0 unspecified atom stereocenters. The molecule has 5 N–H and O–H groups in total. The number of rotatable bonds is 4. The van der Waals surface area contributed by atoms with Crippen LogP contribution in [-0.4, -0.2) is 40.5 Å². The number of phenols is 1. The highest BCUT2D eigenvalue weighted by Gasteiger charge is 2.33. The van der Waals surface area contributed by atoms with E-state index in [0.29, 0.717) is 0 Å². The number of carbonyl (C=O) groups excluding carboxylic acids is 2. The Morgan fingerprint density at radius 1 is 1.30 bits per heavy atom. The zero-order valence-corrected chi connectivity index (χ0v) is 11.5. The maximum Gasteiger partial charge on any atom is 0.273 e. The molecule has 1 heterocycles. The van der Waals surface area contributed by atoms with Crippen LogP contribution in [0.15, 0.2) is 33.4 Å². The van der Waals surface area contributed by atoms with E-state index in [4.69, 9.17) is 5.73 Å². The van der Waals surface area contributed by atoms with Crippen molar-refractivity contribution in [2.45, 2.75) is 6.04 Å². The van der Waals surface area contributed by atoms with Gasteiger partial charge in [-0.05, 0) is 6.07 Å². The number of carbonyl (C=O) groups is 2. The quantitative estimate of drug-likeness (QED) is 0.245. The summed E-state index contributed by atoms with van der Waals surface area (Å²) in [4.78, 5) is 37.0. The Hall–Kier alpha value is -3.41. The number of azo groups is 1. The Morgan fingerprint density at radius 2 is 1.96 bits per heavy atom. The fourth-order valence-electron chi connectivity index (χ4n) is 1.63. The maximum atomic E-state index is 11.7. The van der Waals surface area contributed by atoms with Crippen LogP contribution in [0, 0.1) is 10.1 Å². The lowest BCUT2D eigenvalue weighted by Gasteiger charge is -2.19. The number of hydrogen-bond donors (Lipinski definition) is 4. The van der Waals surface area contributed by atoms with Gasteiger partial charge in [0.25, 0.3) is 17.5 Å². The molecule has 0 bridgehead atoms. The smallest absolute Gasteiger partial charge is 0.273 e. The molecule has 120 valence electrons. The van der Waals surface area contributed by atoms with E-state index in [1.807, 2.05) is 0 Å². The number of nitrogens with zero attached hydrogens (tertiary/aromatic N) is 4. The minimum atomic E-state index is -1.48. The van der Waals surface area contributed by atoms with Crippen LogP contribution < -0.4 is 16.4 Å². The monoisotopic (exact) mass is 321 g/mol. The average Bonchev–Trinajstić information content (AvgIpc) is 2.47. The van der Waals surface area contributed by atoms with Gasteiger partial charge in [-0.3, -0.25) is 30.3 Å². The molecule has 0 aromatic heterocycles. The van der Waals surface area contributed by atoms with Crippen molar-refractivity contribution in [3.63, 3.8) is 0 Å². The maximum absolute atomic E-state index is 11.7. The lowest BCUT2D eigenvalue weighted by Crippen LogP contribution is -2.58. The molecular formula is C11H11N7O5. The van der Waals surface area contributed by atoms with E-state index in [1.165, 1.54) is 0 Å². The molecule has 1 aromatic carbocycles. The molecule has 1 fully saturated rings. The van der Waals surface area contributed by atoms with Gasteiger partial charge in [-0.2, -0.15) is 10.2 Å². The predicted octanol–water partition coefficient (Wildman–Crippen LogP) is -0.729. The topological polar surface area (TPSA) is 185 Å². The number of phenolic OH excluding ortho intramolecular Hbond substituents is 1. The van der Waals surface area contributed by atoms with Crippen molar-refractivity contribution in [1.82, 2.24) is 10.6 Å². The molecule has 0 aliphatic carbocycles. The zero-order chi connectivity index (χ0) is 17.0. The summed E-state index contributed by atoms with van der Waals surface area (Å²) in [6, 6.07) is 1.63. The van der Waals surface area contributed by atoms with Gasteiger partial charge in [-0.25, -0.2) is 4.99 Å². The Balaban J connectivity index is 2.17. The van der Waals surface area contributed by atoms with E-state index >= 15 is 0 Å². The summed E-state index contributed by atoms with van der Waals surface area (Å²) < 4.78 is 0. The van der Waals surface area contributed by atoms with Crippen LogP contribution in [-0.2, 0) is 9.59 Å². The standard InChI is InChI=1S/C11H11N7O5/c12-4-13-11-14-9(20)8(10(21)15-11)17-16-6-2-1-5(18(22)23)3-7(6)19/h1-3,8,19H,4,12H2,(H2,13,14,15,20,21). The zero-order valence-electron chi connectivity index (χ0n) is 11.5. The molecule has 1 aliphatic heterocycles. The van der Waals surface area contributed by atoms with Crippen molar-refractivity contribution in [3.8, 4) is 5.75 Å². The number of aromatic hydroxyl groups is 1. The number of aliphatic imine (C=N–C) groups is 1. The second kappa shape index (κ2) is 6.57. The molecule has 2 rings (SSSR count). The largest absolute Gasteiger partial charge is 0.505 e. The summed E-state index contributed by atoms with van der Waals surface area (Å²) in [7, 11) is 0. The van der Waals surface area contributed by atoms with E-state index in [0.717, 1.165) is 18.2 Å². The van der Waals surface area contributed by atoms with Crippen LogP contribution in [0.3, 0.4) is 0 Å². The van der Waals surface area contributed by atoms with Crippen molar-refractivity contribution in [2.24, 2.45) is 21.0 Å². The van der Waals surface area contributed by atoms with Crippen molar-refractivity contribution in [3.05, 3.63) is 28.3 Å². The van der Waals surface area contributed by atoms with Gasteiger partial charge < -0.3 is 10.8 Å². The van der Waals surface area contributed by atoms with E-state index < -0.39 is 28.5 Å². The van der Waals surface area contributed by atoms with Gasteiger partial charge in [-0.15, -0.1) is 0 Å². The summed E-state index contributed by atoms with van der Waals surface area (Å²) in [5.74, 6) is -2.14. The van der Waals surface area contributed by atoms with Gasteiger partial charge in [0, 0.05) is 6.07 Å². The van der Waals surface area contributed by atoms with E-state index in [2.05, 4.69) is 25.9 Å². The number of nitrogens with one attached hydrogen (secondary N) is 2. The number of nitrogens with two attached hydrogens (primary N) is 1. The summed E-state index contributed by atoms with van der Waals surface area (Å²) in [5.41, 5.74) is 4.70. The molecule has 0 atom stereocenters. The molecule has 12 heteroatoms. The highest BCUT2D eigenvalue weighted by Crippen LogP contribution is 2.30. The first-order valence-corrected chi connectivity index (χ1v) is 6.17. The van der Waals surface area contributed by atoms with Crippen LogP contribution in [0.1, 0.15) is 0 Å². The second-order valence-corrected chi connectivity index (χ2v) is 4.22. The van der Waals surface area contributed by atoms with Crippen LogP contribution in [0.4, 0.5) is 11.4 Å². The van der Waals surface area contributed by atoms with Crippen molar-refractivity contribution in [1.29, 1.82) is 0 Å². The normalized spacial score (nSPS) is 17.8. The second-order valence-electron chi connectivity index (χ2n) is 4.22. The van der Waals surface area contributed by atoms with Gasteiger partial charge >= 0.3 is 0 Å². The number of amides is 2. The van der Waals surface area contributed by atoms with Crippen molar-refractivity contribution in [2.75, 3.05) is 6.67 Å². The Kier molecular flexibility index (Phi) is 4.56. The Morgan fingerprint density at radius 3 is 2.48 bits per heavy atom. The van der Waals surface area contributed by atoms with E-state index in [9.17, 15) is 24.8 Å². The van der Waals surface area contributed by atoms with E-state index in [1.54, 1.807) is 0 Å². The minimum Gasteiger partial charge on any atom is -0.505 e. The fraction of sp³-hybridized carbons (Fsp3) is 0.182. The van der Waals surface area contributed by atoms with Gasteiger partial charge in [0.15, 0.2) is 0 Å². The van der Waals surface area contributed by atoms with Crippen LogP contribution in [0.5, 0.6) is 5.75 Å². The first kappa shape index (κ1) is 16.0. The Bertz CT molecular complexity index is 709. The summed E-state index contributed by atoms with van der Waals surface area (Å²) in [6.07, 6.45) is 0. The number of benzene rings is 1. The molecule has 1 saturated heterocycles. The van der Waals surface area contributed by atoms with Gasteiger partial charge in [0.2, 0.25) is 12.0 Å². The van der Waals surface area contributed by atoms with Gasteiger partial charge in [0.1, 0.15) is 11.4 Å². The Labute approximate surface area is 128 Å². The minimum absolute atomic E-state index is 0.0906. The molecular weight excluding hydrogens is 310 g/mol. The van der Waals surface area contributed by atoms with Gasteiger partial charge in [-0.1, -0.05) is 0 Å². The van der Waals surface area contributed by atoms with Crippen molar-refractivity contribution >= 4 is 29.1 Å². The number of non-ortho nitro benzene ring substituents is 1. The number of nitro benzene ring substituents is 1. The van der Waals surface area contributed by atoms with Crippen LogP contribution in [0.25, 0.3) is 0 Å². The summed E-state index contributed by atoms with van der Waals surface area (Å²) >= 11 is 0. The molecule has 2 amide bonds. The molecule has 0 radical (unpaired) electrons. The molecule has 1 aromatic rings. The first-order valence-electron chi connectivity index (χ1n) is 6.17. The van der Waals surface area contributed by atoms with Crippen LogP contribution >= 0.6 is 0 Å². The highest BCUT2D eigenvalue weighted by atomic mass is 16.6. The fourth-order valence-corrected chi connectivity index (χ4v) is 1.63. The molecule has 23 heavy (non-hydrogen) atoms. The number of hydrogen-bond acceptors (Lipinski definition) is 9. The number of nitro groups is 1. The van der Waals surface area contributed by atoms with Crippen LogP contribution in [0.2, 0.25) is 0 Å². The third-order valence-corrected chi connectivity index (χ3v) is 2.68. The molecule has 0 spiro atoms. The molecule has 0 saturated carbocycles. The SMILES string of the molecule is NCN=C1NC(=O)C(N=Nc2ccc([N+](=O)[O-])cc2O)C(=O)N1. The highest BCUT2D eigenvalue weighted by molar-refractivity contribution is 6.20. The summed E-state index contributed by atoms with van der Waals surface area (Å²) in [5, 5.41) is 31.8. The first-order chi connectivity index (χ1) is 10.9. The lowest BCUT2D eigenvalue weighted by atomic mass is 10.2. The third-order valence-electron chi connectivity index (χ3n) is 2.68. The molecule has 12 nitrogen and oxygen atoms in total. The average molecular weight is 321 g/mol. The third kappa shape index (κ3) is 3.62.